The average Bonchev–Trinajstić information content (AvgIpc) is 2.85. The zero-order valence-electron chi connectivity index (χ0n) is 10.8. The second kappa shape index (κ2) is 6.35. The Morgan fingerprint density at radius 2 is 2.00 bits per heavy atom. The van der Waals surface area contributed by atoms with Crippen LogP contribution in [0.25, 0.3) is 0 Å². The fourth-order valence-corrected chi connectivity index (χ4v) is 3.96. The summed E-state index contributed by atoms with van der Waals surface area (Å²) in [7, 11) is -1.75. The average molecular weight is 348 g/mol. The number of sulfonamides is 1. The maximum absolute atomic E-state index is 12.2. The van der Waals surface area contributed by atoms with Gasteiger partial charge in [-0.05, 0) is 37.0 Å². The monoisotopic (exact) mass is 347 g/mol. The number of nitrogens with one attached hydrogen (secondary N) is 1. The summed E-state index contributed by atoms with van der Waals surface area (Å²) in [5.41, 5.74) is 1.05. The van der Waals surface area contributed by atoms with Gasteiger partial charge in [-0.1, -0.05) is 28.1 Å². The van der Waals surface area contributed by atoms with Gasteiger partial charge < -0.3 is 4.74 Å². The number of rotatable bonds is 5. The molecule has 0 aliphatic heterocycles. The molecule has 0 spiro atoms. The fourth-order valence-electron chi connectivity index (χ4n) is 2.31. The Hall–Kier alpha value is -0.430. The van der Waals surface area contributed by atoms with Gasteiger partial charge in [0.2, 0.25) is 10.0 Å². The molecule has 1 N–H and O–H groups in total. The van der Waals surface area contributed by atoms with Gasteiger partial charge >= 0.3 is 0 Å². The van der Waals surface area contributed by atoms with Gasteiger partial charge in [-0.3, -0.25) is 0 Å². The lowest BCUT2D eigenvalue weighted by Crippen LogP contribution is -2.33. The van der Waals surface area contributed by atoms with Crippen LogP contribution in [0.1, 0.15) is 24.8 Å². The molecule has 0 amide bonds. The molecular formula is C13H18BrNO3S. The molecule has 1 fully saturated rings. The van der Waals surface area contributed by atoms with Gasteiger partial charge in [0, 0.05) is 18.5 Å². The first-order valence-electron chi connectivity index (χ1n) is 6.25. The van der Waals surface area contributed by atoms with E-state index in [4.69, 9.17) is 4.74 Å². The minimum Gasteiger partial charge on any atom is -0.381 e. The van der Waals surface area contributed by atoms with E-state index in [1.165, 1.54) is 0 Å². The first kappa shape index (κ1) is 15.0. The second-order valence-corrected chi connectivity index (χ2v) is 7.04. The predicted molar refractivity (Wildman–Crippen MR) is 77.8 cm³/mol. The highest BCUT2D eigenvalue weighted by Gasteiger charge is 2.28. The minimum absolute atomic E-state index is 0.0224. The van der Waals surface area contributed by atoms with Crippen molar-refractivity contribution in [3.63, 3.8) is 0 Å². The first-order valence-corrected chi connectivity index (χ1v) is 8.85. The maximum Gasteiger partial charge on any atom is 0.240 e. The molecule has 1 aliphatic carbocycles. The molecule has 1 aromatic rings. The SMILES string of the molecule is COC1CCC(NS(=O)(=O)c2ccc(CBr)cc2)C1. The van der Waals surface area contributed by atoms with Crippen LogP contribution in [0.15, 0.2) is 29.2 Å². The molecule has 1 aromatic carbocycles. The minimum atomic E-state index is -3.42. The number of ether oxygens (including phenoxy) is 1. The Bertz CT molecular complexity index is 515. The van der Waals surface area contributed by atoms with Crippen LogP contribution in [0.4, 0.5) is 0 Å². The van der Waals surface area contributed by atoms with Crippen LogP contribution in [-0.4, -0.2) is 27.7 Å². The fraction of sp³-hybridized carbons (Fsp3) is 0.538. The van der Waals surface area contributed by atoms with Crippen LogP contribution in [-0.2, 0) is 20.1 Å². The highest BCUT2D eigenvalue weighted by molar-refractivity contribution is 9.08. The quantitative estimate of drug-likeness (QED) is 0.832. The van der Waals surface area contributed by atoms with Crippen LogP contribution in [0.2, 0.25) is 0 Å². The van der Waals surface area contributed by atoms with Crippen LogP contribution in [0.5, 0.6) is 0 Å². The van der Waals surface area contributed by atoms with E-state index in [9.17, 15) is 8.42 Å². The zero-order chi connectivity index (χ0) is 13.9. The van der Waals surface area contributed by atoms with E-state index in [2.05, 4.69) is 20.7 Å². The van der Waals surface area contributed by atoms with Gasteiger partial charge in [0.1, 0.15) is 0 Å². The molecular weight excluding hydrogens is 330 g/mol. The van der Waals surface area contributed by atoms with Crippen molar-refractivity contribution in [1.29, 1.82) is 0 Å². The molecule has 106 valence electrons. The van der Waals surface area contributed by atoms with Crippen molar-refractivity contribution >= 4 is 26.0 Å². The number of hydrogen-bond acceptors (Lipinski definition) is 3. The van der Waals surface area contributed by atoms with Crippen molar-refractivity contribution in [3.05, 3.63) is 29.8 Å². The molecule has 1 aliphatic rings. The van der Waals surface area contributed by atoms with E-state index < -0.39 is 10.0 Å². The molecule has 19 heavy (non-hydrogen) atoms. The zero-order valence-corrected chi connectivity index (χ0v) is 13.2. The van der Waals surface area contributed by atoms with E-state index in [1.807, 2.05) is 12.1 Å². The summed E-state index contributed by atoms with van der Waals surface area (Å²) in [6.07, 6.45) is 2.65. The molecule has 1 saturated carbocycles. The highest BCUT2D eigenvalue weighted by Crippen LogP contribution is 2.23. The van der Waals surface area contributed by atoms with Crippen LogP contribution >= 0.6 is 15.9 Å². The topological polar surface area (TPSA) is 55.4 Å². The van der Waals surface area contributed by atoms with Crippen LogP contribution in [0, 0.1) is 0 Å². The van der Waals surface area contributed by atoms with E-state index in [-0.39, 0.29) is 12.1 Å². The highest BCUT2D eigenvalue weighted by atomic mass is 79.9. The van der Waals surface area contributed by atoms with Crippen molar-refractivity contribution in [1.82, 2.24) is 4.72 Å². The molecule has 2 rings (SSSR count). The Morgan fingerprint density at radius 1 is 1.32 bits per heavy atom. The lowest BCUT2D eigenvalue weighted by Gasteiger charge is -2.13. The number of methoxy groups -OCH3 is 1. The summed E-state index contributed by atoms with van der Waals surface area (Å²) in [6.45, 7) is 0. The van der Waals surface area contributed by atoms with Crippen molar-refractivity contribution in [3.8, 4) is 0 Å². The summed E-state index contributed by atoms with van der Waals surface area (Å²) in [4.78, 5) is 0.318. The Kier molecular flexibility index (Phi) is 5.00. The molecule has 2 unspecified atom stereocenters. The van der Waals surface area contributed by atoms with Gasteiger partial charge in [0.05, 0.1) is 11.0 Å². The Balaban J connectivity index is 2.05. The third-order valence-electron chi connectivity index (χ3n) is 3.43. The molecule has 0 bridgehead atoms. The standard InChI is InChI=1S/C13H18BrNO3S/c1-18-12-5-4-11(8-12)15-19(16,17)13-6-2-10(9-14)3-7-13/h2-3,6-7,11-12,15H,4-5,8-9H2,1H3. The second-order valence-electron chi connectivity index (χ2n) is 4.77. The summed E-state index contributed by atoms with van der Waals surface area (Å²) >= 11 is 3.34. The summed E-state index contributed by atoms with van der Waals surface area (Å²) in [5, 5.41) is 0.721. The van der Waals surface area contributed by atoms with Crippen molar-refractivity contribution in [2.45, 2.75) is 41.6 Å². The van der Waals surface area contributed by atoms with Gasteiger partial charge in [0.15, 0.2) is 0 Å². The van der Waals surface area contributed by atoms with E-state index in [1.54, 1.807) is 19.2 Å². The lowest BCUT2D eigenvalue weighted by atomic mass is 10.2. The Morgan fingerprint density at radius 3 is 2.53 bits per heavy atom. The number of alkyl halides is 1. The van der Waals surface area contributed by atoms with Gasteiger partial charge in [0.25, 0.3) is 0 Å². The molecule has 0 aromatic heterocycles. The Labute approximate surface area is 122 Å². The van der Waals surface area contributed by atoms with Crippen LogP contribution < -0.4 is 4.72 Å². The van der Waals surface area contributed by atoms with E-state index >= 15 is 0 Å². The first-order chi connectivity index (χ1) is 9.05. The number of hydrogen-bond donors (Lipinski definition) is 1. The third-order valence-corrected chi connectivity index (χ3v) is 5.61. The maximum atomic E-state index is 12.2. The molecule has 0 radical (unpaired) electrons. The van der Waals surface area contributed by atoms with E-state index in [0.29, 0.717) is 4.90 Å². The molecule has 4 nitrogen and oxygen atoms in total. The molecule has 2 atom stereocenters. The van der Waals surface area contributed by atoms with Crippen molar-refractivity contribution < 1.29 is 13.2 Å². The van der Waals surface area contributed by atoms with Crippen molar-refractivity contribution in [2.75, 3.05) is 7.11 Å². The number of halogens is 1. The number of benzene rings is 1. The van der Waals surface area contributed by atoms with Gasteiger partial charge in [-0.2, -0.15) is 0 Å². The van der Waals surface area contributed by atoms with Crippen molar-refractivity contribution in [2.24, 2.45) is 0 Å². The third kappa shape index (κ3) is 3.78. The molecule has 0 heterocycles. The van der Waals surface area contributed by atoms with E-state index in [0.717, 1.165) is 30.2 Å². The van der Waals surface area contributed by atoms with Gasteiger partial charge in [-0.15, -0.1) is 0 Å². The summed E-state index contributed by atoms with van der Waals surface area (Å²) in [5.74, 6) is 0. The smallest absolute Gasteiger partial charge is 0.240 e. The largest absolute Gasteiger partial charge is 0.381 e. The van der Waals surface area contributed by atoms with Crippen LogP contribution in [0.3, 0.4) is 0 Å². The lowest BCUT2D eigenvalue weighted by molar-refractivity contribution is 0.107. The summed E-state index contributed by atoms with van der Waals surface area (Å²) < 4.78 is 32.4. The normalized spacial score (nSPS) is 23.7. The predicted octanol–water partition coefficient (Wildman–Crippen LogP) is 2.43. The summed E-state index contributed by atoms with van der Waals surface area (Å²) in [6, 6.07) is 6.89. The van der Waals surface area contributed by atoms with Gasteiger partial charge in [-0.25, -0.2) is 13.1 Å². The molecule has 0 saturated heterocycles. The molecule has 6 heteroatoms.